The van der Waals surface area contributed by atoms with Crippen LogP contribution in [0.3, 0.4) is 0 Å². The molecule has 3 aromatic rings. The lowest BCUT2D eigenvalue weighted by Gasteiger charge is -2.07. The maximum Gasteiger partial charge on any atom is 0.337 e. The Morgan fingerprint density at radius 1 is 1.17 bits per heavy atom. The highest BCUT2D eigenvalue weighted by molar-refractivity contribution is 5.93. The molecule has 5 nitrogen and oxygen atoms in total. The Balaban J connectivity index is 2.17. The number of hydrogen-bond donors (Lipinski definition) is 2. The first-order chi connectivity index (χ1) is 11.1. The fourth-order valence-electron chi connectivity index (χ4n) is 2.77. The molecule has 0 aliphatic rings. The average Bonchev–Trinajstić information content (AvgIpc) is 2.93. The van der Waals surface area contributed by atoms with Crippen LogP contribution in [0.25, 0.3) is 10.9 Å². The third kappa shape index (κ3) is 2.78. The highest BCUT2D eigenvalue weighted by atomic mass is 16.5. The van der Waals surface area contributed by atoms with E-state index in [0.717, 1.165) is 11.1 Å². The number of methoxy groups -OCH3 is 1. The van der Waals surface area contributed by atoms with Gasteiger partial charge in [0.1, 0.15) is 5.75 Å². The van der Waals surface area contributed by atoms with Gasteiger partial charge in [0.15, 0.2) is 6.10 Å². The number of fused-ring (bicyclic) bond motifs is 1. The van der Waals surface area contributed by atoms with Crippen molar-refractivity contribution in [3.63, 3.8) is 0 Å². The maximum absolute atomic E-state index is 11.2. The van der Waals surface area contributed by atoms with Gasteiger partial charge >= 0.3 is 5.97 Å². The summed E-state index contributed by atoms with van der Waals surface area (Å²) in [6, 6.07) is 15.3. The standard InChI is InChI=1S/C18H17NO4/c1-23-15-9-5-8-14-16(15)13(17(20)18(21)22)11-19(14)10-12-6-3-2-4-7-12/h2-9,11,17,20H,10H2,1H3,(H,21,22)/t17-/m1/s1. The number of rotatable bonds is 5. The summed E-state index contributed by atoms with van der Waals surface area (Å²) in [5, 5.41) is 19.8. The number of carbonyl (C=O) groups is 1. The fourth-order valence-corrected chi connectivity index (χ4v) is 2.77. The average molecular weight is 311 g/mol. The van der Waals surface area contributed by atoms with E-state index in [1.165, 1.54) is 7.11 Å². The maximum atomic E-state index is 11.2. The molecule has 0 unspecified atom stereocenters. The van der Waals surface area contributed by atoms with Crippen LogP contribution in [-0.4, -0.2) is 27.9 Å². The molecule has 0 saturated heterocycles. The van der Waals surface area contributed by atoms with Gasteiger partial charge in [-0.2, -0.15) is 0 Å². The third-order valence-corrected chi connectivity index (χ3v) is 3.84. The molecule has 2 aromatic carbocycles. The third-order valence-electron chi connectivity index (χ3n) is 3.84. The van der Waals surface area contributed by atoms with Crippen LogP contribution in [0.5, 0.6) is 5.75 Å². The Kier molecular flexibility index (Phi) is 4.04. The first kappa shape index (κ1) is 15.1. The van der Waals surface area contributed by atoms with Gasteiger partial charge in [0.2, 0.25) is 0 Å². The zero-order valence-electron chi connectivity index (χ0n) is 12.6. The largest absolute Gasteiger partial charge is 0.496 e. The number of aromatic nitrogens is 1. The van der Waals surface area contributed by atoms with Crippen LogP contribution in [-0.2, 0) is 11.3 Å². The van der Waals surface area contributed by atoms with E-state index < -0.39 is 12.1 Å². The molecular weight excluding hydrogens is 294 g/mol. The van der Waals surface area contributed by atoms with Gasteiger partial charge in [0, 0.05) is 23.7 Å². The van der Waals surface area contributed by atoms with Gasteiger partial charge in [0.25, 0.3) is 0 Å². The summed E-state index contributed by atoms with van der Waals surface area (Å²) in [6.45, 7) is 0.580. The smallest absolute Gasteiger partial charge is 0.337 e. The van der Waals surface area contributed by atoms with Crippen LogP contribution in [0.1, 0.15) is 17.2 Å². The Hall–Kier alpha value is -2.79. The molecule has 1 heterocycles. The number of aliphatic hydroxyl groups is 1. The predicted molar refractivity (Wildman–Crippen MR) is 86.6 cm³/mol. The van der Waals surface area contributed by atoms with Crippen LogP contribution in [0.4, 0.5) is 0 Å². The Bertz CT molecular complexity index is 839. The van der Waals surface area contributed by atoms with Crippen LogP contribution in [0, 0.1) is 0 Å². The highest BCUT2D eigenvalue weighted by Gasteiger charge is 2.23. The predicted octanol–water partition coefficient (Wildman–Crippen LogP) is 2.82. The molecule has 0 bridgehead atoms. The summed E-state index contributed by atoms with van der Waals surface area (Å²) in [7, 11) is 1.53. The van der Waals surface area contributed by atoms with Crippen molar-refractivity contribution < 1.29 is 19.7 Å². The van der Waals surface area contributed by atoms with Gasteiger partial charge in [-0.3, -0.25) is 0 Å². The number of nitrogens with zero attached hydrogens (tertiary/aromatic N) is 1. The molecule has 0 aliphatic carbocycles. The molecule has 3 rings (SSSR count). The van der Waals surface area contributed by atoms with Gasteiger partial charge in [-0.25, -0.2) is 4.79 Å². The normalized spacial score (nSPS) is 12.3. The van der Waals surface area contributed by atoms with Crippen molar-refractivity contribution in [3.05, 3.63) is 65.9 Å². The van der Waals surface area contributed by atoms with E-state index >= 15 is 0 Å². The molecule has 0 aliphatic heterocycles. The van der Waals surface area contributed by atoms with E-state index in [0.29, 0.717) is 23.2 Å². The minimum absolute atomic E-state index is 0.334. The number of carboxylic acids is 1. The first-order valence-corrected chi connectivity index (χ1v) is 7.22. The lowest BCUT2D eigenvalue weighted by Crippen LogP contribution is -2.10. The number of aliphatic hydroxyl groups excluding tert-OH is 1. The molecule has 0 spiro atoms. The molecule has 23 heavy (non-hydrogen) atoms. The topological polar surface area (TPSA) is 71.7 Å². The Morgan fingerprint density at radius 2 is 1.91 bits per heavy atom. The van der Waals surface area contributed by atoms with Crippen LogP contribution < -0.4 is 4.74 Å². The van der Waals surface area contributed by atoms with E-state index in [9.17, 15) is 9.90 Å². The number of carboxylic acid groups (broad SMARTS) is 1. The second-order valence-corrected chi connectivity index (χ2v) is 5.29. The van der Waals surface area contributed by atoms with Crippen molar-refractivity contribution in [3.8, 4) is 5.75 Å². The van der Waals surface area contributed by atoms with Gasteiger partial charge < -0.3 is 19.5 Å². The lowest BCUT2D eigenvalue weighted by molar-refractivity contribution is -0.146. The van der Waals surface area contributed by atoms with Gasteiger partial charge in [-0.1, -0.05) is 36.4 Å². The Labute approximate surface area is 133 Å². The second kappa shape index (κ2) is 6.14. The van der Waals surface area contributed by atoms with E-state index in [1.54, 1.807) is 12.3 Å². The SMILES string of the molecule is COc1cccc2c1c([C@@H](O)C(=O)O)cn2Cc1ccccc1. The van der Waals surface area contributed by atoms with Gasteiger partial charge in [-0.05, 0) is 17.7 Å². The molecule has 0 radical (unpaired) electrons. The zero-order valence-corrected chi connectivity index (χ0v) is 12.6. The van der Waals surface area contributed by atoms with E-state index in [4.69, 9.17) is 9.84 Å². The van der Waals surface area contributed by atoms with E-state index in [-0.39, 0.29) is 0 Å². The van der Waals surface area contributed by atoms with Gasteiger partial charge in [-0.15, -0.1) is 0 Å². The number of benzene rings is 2. The number of ether oxygens (including phenoxy) is 1. The molecule has 1 atom stereocenters. The van der Waals surface area contributed by atoms with E-state index in [2.05, 4.69) is 0 Å². The second-order valence-electron chi connectivity index (χ2n) is 5.29. The molecule has 0 fully saturated rings. The summed E-state index contributed by atoms with van der Waals surface area (Å²) >= 11 is 0. The summed E-state index contributed by atoms with van der Waals surface area (Å²) < 4.78 is 7.27. The van der Waals surface area contributed by atoms with Crippen LogP contribution >= 0.6 is 0 Å². The first-order valence-electron chi connectivity index (χ1n) is 7.22. The van der Waals surface area contributed by atoms with Crippen molar-refractivity contribution in [1.29, 1.82) is 0 Å². The number of hydrogen-bond acceptors (Lipinski definition) is 3. The van der Waals surface area contributed by atoms with Crippen molar-refractivity contribution in [2.45, 2.75) is 12.6 Å². The molecule has 0 saturated carbocycles. The molecule has 1 aromatic heterocycles. The summed E-state index contributed by atoms with van der Waals surface area (Å²) in [5.74, 6) is -0.737. The molecule has 5 heteroatoms. The molecular formula is C18H17NO4. The monoisotopic (exact) mass is 311 g/mol. The van der Waals surface area contributed by atoms with Gasteiger partial charge in [0.05, 0.1) is 12.6 Å². The van der Waals surface area contributed by atoms with Crippen molar-refractivity contribution in [2.24, 2.45) is 0 Å². The number of aliphatic carboxylic acids is 1. The Morgan fingerprint density at radius 3 is 2.57 bits per heavy atom. The van der Waals surface area contributed by atoms with Crippen LogP contribution in [0.2, 0.25) is 0 Å². The molecule has 118 valence electrons. The summed E-state index contributed by atoms with van der Waals surface area (Å²) in [5.41, 5.74) is 2.24. The molecule has 2 N–H and O–H groups in total. The van der Waals surface area contributed by atoms with Crippen molar-refractivity contribution >= 4 is 16.9 Å². The lowest BCUT2D eigenvalue weighted by atomic mass is 10.1. The quantitative estimate of drug-likeness (QED) is 0.760. The fraction of sp³-hybridized carbons (Fsp3) is 0.167. The van der Waals surface area contributed by atoms with E-state index in [1.807, 2.05) is 47.0 Å². The highest BCUT2D eigenvalue weighted by Crippen LogP contribution is 2.34. The molecule has 0 amide bonds. The van der Waals surface area contributed by atoms with Crippen molar-refractivity contribution in [1.82, 2.24) is 4.57 Å². The summed E-state index contributed by atoms with van der Waals surface area (Å²) in [4.78, 5) is 11.2. The zero-order chi connectivity index (χ0) is 16.4. The van der Waals surface area contributed by atoms with Crippen LogP contribution in [0.15, 0.2) is 54.7 Å². The summed E-state index contributed by atoms with van der Waals surface area (Å²) in [6.07, 6.45) is 0.0877. The van der Waals surface area contributed by atoms with Crippen molar-refractivity contribution in [2.75, 3.05) is 7.11 Å². The minimum atomic E-state index is -1.59. The minimum Gasteiger partial charge on any atom is -0.496 e.